The monoisotopic (exact) mass is 362 g/mol. The average molecular weight is 362 g/mol. The number of carbonyl (C=O) groups is 1. The minimum absolute atomic E-state index is 0.0392. The summed E-state index contributed by atoms with van der Waals surface area (Å²) in [5.74, 6) is 0.388. The van der Waals surface area contributed by atoms with Crippen LogP contribution >= 0.6 is 0 Å². The number of carbonyl (C=O) groups excluding carboxylic acids is 1. The highest BCUT2D eigenvalue weighted by atomic mass is 16.2. The fourth-order valence-electron chi connectivity index (χ4n) is 2.73. The Morgan fingerprint density at radius 3 is 2.41 bits per heavy atom. The third-order valence-corrected chi connectivity index (χ3v) is 4.35. The Morgan fingerprint density at radius 1 is 1.04 bits per heavy atom. The van der Waals surface area contributed by atoms with Crippen molar-refractivity contribution in [3.63, 3.8) is 0 Å². The number of rotatable bonds is 6. The van der Waals surface area contributed by atoms with Gasteiger partial charge in [-0.25, -0.2) is 0 Å². The lowest BCUT2D eigenvalue weighted by Gasteiger charge is -2.17. The number of nitrogens with zero attached hydrogens (tertiary/aromatic N) is 3. The molecule has 0 atom stereocenters. The van der Waals surface area contributed by atoms with Crippen molar-refractivity contribution in [1.82, 2.24) is 20.1 Å². The minimum Gasteiger partial charge on any atom is -0.341 e. The average Bonchev–Trinajstić information content (AvgIpc) is 2.68. The lowest BCUT2D eigenvalue weighted by Crippen LogP contribution is -2.27. The van der Waals surface area contributed by atoms with Crippen LogP contribution in [0.2, 0.25) is 0 Å². The molecule has 0 radical (unpaired) electrons. The van der Waals surface area contributed by atoms with Crippen molar-refractivity contribution in [2.24, 2.45) is 0 Å². The molecule has 0 aliphatic heterocycles. The van der Waals surface area contributed by atoms with Gasteiger partial charge in [-0.2, -0.15) is 0 Å². The molecular formula is C21H22N4O2. The van der Waals surface area contributed by atoms with E-state index in [1.807, 2.05) is 61.5 Å². The van der Waals surface area contributed by atoms with Gasteiger partial charge in [0.15, 0.2) is 5.82 Å². The topological polar surface area (TPSA) is 79.0 Å². The van der Waals surface area contributed by atoms with E-state index in [9.17, 15) is 9.59 Å². The summed E-state index contributed by atoms with van der Waals surface area (Å²) in [6.45, 7) is 2.53. The van der Waals surface area contributed by atoms with Gasteiger partial charge < -0.3 is 9.88 Å². The van der Waals surface area contributed by atoms with Gasteiger partial charge in [0.1, 0.15) is 5.69 Å². The predicted molar refractivity (Wildman–Crippen MR) is 104 cm³/mol. The minimum atomic E-state index is -0.306. The molecule has 1 N–H and O–H groups in total. The molecule has 0 unspecified atom stereocenters. The standard InChI is InChI=1S/C21H22N4O2/c1-15-8-10-17(11-9-15)20-22-21(27)18(23-24-20)12-13-19(26)25(2)14-16-6-4-3-5-7-16/h3-11H,12-14H2,1-2H3,(H,22,24,27). The van der Waals surface area contributed by atoms with Crippen molar-refractivity contribution >= 4 is 5.91 Å². The van der Waals surface area contributed by atoms with Crippen LogP contribution in [0.15, 0.2) is 59.4 Å². The molecule has 0 fully saturated rings. The molecule has 0 spiro atoms. The summed E-state index contributed by atoms with van der Waals surface area (Å²) < 4.78 is 0. The third kappa shape index (κ3) is 4.88. The fraction of sp³-hybridized carbons (Fsp3) is 0.238. The van der Waals surface area contributed by atoms with E-state index < -0.39 is 0 Å². The Balaban J connectivity index is 1.61. The zero-order valence-electron chi connectivity index (χ0n) is 15.5. The molecule has 0 saturated carbocycles. The second kappa shape index (κ2) is 8.40. The van der Waals surface area contributed by atoms with E-state index in [-0.39, 0.29) is 30.0 Å². The molecule has 3 rings (SSSR count). The number of hydrogen-bond acceptors (Lipinski definition) is 4. The zero-order valence-corrected chi connectivity index (χ0v) is 15.5. The second-order valence-electron chi connectivity index (χ2n) is 6.55. The van der Waals surface area contributed by atoms with Crippen molar-refractivity contribution < 1.29 is 4.79 Å². The number of aryl methyl sites for hydroxylation is 2. The molecule has 138 valence electrons. The second-order valence-corrected chi connectivity index (χ2v) is 6.55. The van der Waals surface area contributed by atoms with Crippen molar-refractivity contribution in [3.8, 4) is 11.4 Å². The summed E-state index contributed by atoms with van der Waals surface area (Å²) in [5.41, 5.74) is 2.96. The highest BCUT2D eigenvalue weighted by molar-refractivity contribution is 5.76. The van der Waals surface area contributed by atoms with Crippen molar-refractivity contribution in [3.05, 3.63) is 81.8 Å². The van der Waals surface area contributed by atoms with E-state index in [1.54, 1.807) is 11.9 Å². The quantitative estimate of drug-likeness (QED) is 0.731. The number of amides is 1. The Morgan fingerprint density at radius 2 is 1.74 bits per heavy atom. The summed E-state index contributed by atoms with van der Waals surface area (Å²) in [6.07, 6.45) is 0.472. The zero-order chi connectivity index (χ0) is 19.2. The Labute approximate surface area is 157 Å². The maximum atomic E-state index is 12.3. The lowest BCUT2D eigenvalue weighted by molar-refractivity contribution is -0.130. The van der Waals surface area contributed by atoms with E-state index in [4.69, 9.17) is 0 Å². The number of H-pyrrole nitrogens is 1. The first-order valence-corrected chi connectivity index (χ1v) is 8.84. The van der Waals surface area contributed by atoms with E-state index in [0.29, 0.717) is 12.4 Å². The molecule has 6 heteroatoms. The predicted octanol–water partition coefficient (Wildman–Crippen LogP) is 2.73. The summed E-state index contributed by atoms with van der Waals surface area (Å²) >= 11 is 0. The van der Waals surface area contributed by atoms with Crippen LogP contribution in [0.25, 0.3) is 11.4 Å². The molecular weight excluding hydrogens is 340 g/mol. The molecule has 0 aliphatic carbocycles. The Kier molecular flexibility index (Phi) is 5.76. The maximum Gasteiger partial charge on any atom is 0.273 e. The van der Waals surface area contributed by atoms with Gasteiger partial charge in [-0.3, -0.25) is 9.59 Å². The molecule has 1 heterocycles. The van der Waals surface area contributed by atoms with Crippen LogP contribution in [-0.4, -0.2) is 33.0 Å². The van der Waals surface area contributed by atoms with Gasteiger partial charge in [-0.05, 0) is 12.5 Å². The highest BCUT2D eigenvalue weighted by Gasteiger charge is 2.13. The molecule has 27 heavy (non-hydrogen) atoms. The van der Waals surface area contributed by atoms with E-state index >= 15 is 0 Å². The molecule has 0 saturated heterocycles. The largest absolute Gasteiger partial charge is 0.341 e. The third-order valence-electron chi connectivity index (χ3n) is 4.35. The molecule has 0 aliphatic rings. The SMILES string of the molecule is Cc1ccc(-c2nnc(CCC(=O)N(C)Cc3ccccc3)c(=O)[nH]2)cc1. The van der Waals surface area contributed by atoms with Crippen LogP contribution < -0.4 is 5.56 Å². The number of aromatic amines is 1. The van der Waals surface area contributed by atoms with Gasteiger partial charge >= 0.3 is 0 Å². The number of hydrogen-bond donors (Lipinski definition) is 1. The van der Waals surface area contributed by atoms with E-state index in [0.717, 1.165) is 16.7 Å². The first kappa shape index (κ1) is 18.5. The van der Waals surface area contributed by atoms with Gasteiger partial charge in [-0.1, -0.05) is 60.2 Å². The Bertz CT molecular complexity index is 965. The van der Waals surface area contributed by atoms with Crippen LogP contribution in [0.4, 0.5) is 0 Å². The van der Waals surface area contributed by atoms with Gasteiger partial charge in [0.05, 0.1) is 0 Å². The first-order chi connectivity index (χ1) is 13.0. The highest BCUT2D eigenvalue weighted by Crippen LogP contribution is 2.13. The molecule has 2 aromatic carbocycles. The summed E-state index contributed by atoms with van der Waals surface area (Å²) in [7, 11) is 1.76. The summed E-state index contributed by atoms with van der Waals surface area (Å²) in [5, 5.41) is 8.13. The Hall–Kier alpha value is -3.28. The lowest BCUT2D eigenvalue weighted by atomic mass is 10.1. The van der Waals surface area contributed by atoms with Crippen molar-refractivity contribution in [2.75, 3.05) is 7.05 Å². The smallest absolute Gasteiger partial charge is 0.273 e. The van der Waals surface area contributed by atoms with E-state index in [1.165, 1.54) is 0 Å². The first-order valence-electron chi connectivity index (χ1n) is 8.84. The fourth-order valence-corrected chi connectivity index (χ4v) is 2.73. The van der Waals surface area contributed by atoms with Gasteiger partial charge in [0.25, 0.3) is 5.56 Å². The van der Waals surface area contributed by atoms with Crippen LogP contribution in [-0.2, 0) is 17.8 Å². The van der Waals surface area contributed by atoms with Crippen molar-refractivity contribution in [2.45, 2.75) is 26.3 Å². The van der Waals surface area contributed by atoms with Crippen molar-refractivity contribution in [1.29, 1.82) is 0 Å². The number of benzene rings is 2. The van der Waals surface area contributed by atoms with Crippen LogP contribution in [0.5, 0.6) is 0 Å². The summed E-state index contributed by atoms with van der Waals surface area (Å²) in [6, 6.07) is 17.4. The summed E-state index contributed by atoms with van der Waals surface area (Å²) in [4.78, 5) is 29.0. The number of aromatic nitrogens is 3. The van der Waals surface area contributed by atoms with Crippen LogP contribution in [0.1, 0.15) is 23.2 Å². The molecule has 1 aromatic heterocycles. The molecule has 1 amide bonds. The van der Waals surface area contributed by atoms with Crippen LogP contribution in [0, 0.1) is 6.92 Å². The molecule has 0 bridgehead atoms. The van der Waals surface area contributed by atoms with Gasteiger partial charge in [-0.15, -0.1) is 10.2 Å². The molecule has 6 nitrogen and oxygen atoms in total. The molecule has 3 aromatic rings. The van der Waals surface area contributed by atoms with Gasteiger partial charge in [0, 0.05) is 32.0 Å². The maximum absolute atomic E-state index is 12.3. The van der Waals surface area contributed by atoms with Crippen LogP contribution in [0.3, 0.4) is 0 Å². The van der Waals surface area contributed by atoms with Gasteiger partial charge in [0.2, 0.25) is 5.91 Å². The number of nitrogens with one attached hydrogen (secondary N) is 1. The normalized spacial score (nSPS) is 10.6. The van der Waals surface area contributed by atoms with E-state index in [2.05, 4.69) is 15.2 Å².